The van der Waals surface area contributed by atoms with Gasteiger partial charge in [0, 0.05) is 12.7 Å². The highest BCUT2D eigenvalue weighted by Gasteiger charge is 2.13. The quantitative estimate of drug-likeness (QED) is 0.616. The average molecular weight is 168 g/mol. The van der Waals surface area contributed by atoms with Crippen LogP contribution in [0.2, 0.25) is 0 Å². The molecule has 66 valence electrons. The summed E-state index contributed by atoms with van der Waals surface area (Å²) in [5, 5.41) is 0. The van der Waals surface area contributed by atoms with E-state index in [1.165, 1.54) is 0 Å². The smallest absolute Gasteiger partial charge is 0.358 e. The van der Waals surface area contributed by atoms with E-state index in [9.17, 15) is 4.79 Å². The van der Waals surface area contributed by atoms with Crippen LogP contribution in [0.15, 0.2) is 6.33 Å². The SMILES string of the molecule is CCOC(=O)c1ncn(C)c1C. The van der Waals surface area contributed by atoms with Crippen LogP contribution in [-0.2, 0) is 11.8 Å². The fraction of sp³-hybridized carbons (Fsp3) is 0.500. The van der Waals surface area contributed by atoms with E-state index in [1.807, 2.05) is 14.0 Å². The molecule has 0 aromatic carbocycles. The highest BCUT2D eigenvalue weighted by Crippen LogP contribution is 2.05. The number of ether oxygens (including phenoxy) is 1. The van der Waals surface area contributed by atoms with Crippen LogP contribution in [0.3, 0.4) is 0 Å². The summed E-state index contributed by atoms with van der Waals surface area (Å²) < 4.78 is 6.59. The Bertz CT molecular complexity index is 291. The molecule has 1 aromatic rings. The third kappa shape index (κ3) is 1.47. The number of hydrogen-bond donors (Lipinski definition) is 0. The molecule has 1 rings (SSSR count). The molecule has 1 heterocycles. The molecule has 0 aliphatic rings. The minimum atomic E-state index is -0.351. The number of carbonyl (C=O) groups excluding carboxylic acids is 1. The lowest BCUT2D eigenvalue weighted by molar-refractivity contribution is 0.0519. The molecule has 0 radical (unpaired) electrons. The first-order valence-electron chi connectivity index (χ1n) is 3.81. The maximum absolute atomic E-state index is 11.2. The molecule has 0 saturated carbocycles. The Morgan fingerprint density at radius 3 is 2.83 bits per heavy atom. The third-order valence-electron chi connectivity index (χ3n) is 1.70. The fourth-order valence-corrected chi connectivity index (χ4v) is 0.891. The first-order valence-corrected chi connectivity index (χ1v) is 3.81. The molecule has 1 aromatic heterocycles. The molecule has 0 unspecified atom stereocenters. The fourth-order valence-electron chi connectivity index (χ4n) is 0.891. The molecule has 12 heavy (non-hydrogen) atoms. The Morgan fingerprint density at radius 1 is 1.75 bits per heavy atom. The zero-order valence-electron chi connectivity index (χ0n) is 7.50. The second-order valence-electron chi connectivity index (χ2n) is 2.51. The minimum Gasteiger partial charge on any atom is -0.461 e. The highest BCUT2D eigenvalue weighted by atomic mass is 16.5. The van der Waals surface area contributed by atoms with Gasteiger partial charge in [-0.1, -0.05) is 0 Å². The third-order valence-corrected chi connectivity index (χ3v) is 1.70. The van der Waals surface area contributed by atoms with Crippen LogP contribution >= 0.6 is 0 Å². The standard InChI is InChI=1S/C8H12N2O2/c1-4-12-8(11)7-6(2)10(3)5-9-7/h5H,4H2,1-3H3. The lowest BCUT2D eigenvalue weighted by Gasteiger charge is -1.99. The second-order valence-corrected chi connectivity index (χ2v) is 2.51. The summed E-state index contributed by atoms with van der Waals surface area (Å²) >= 11 is 0. The molecular formula is C8H12N2O2. The summed E-state index contributed by atoms with van der Waals surface area (Å²) in [5.74, 6) is -0.351. The first-order chi connectivity index (χ1) is 5.66. The molecule has 0 bridgehead atoms. The summed E-state index contributed by atoms with van der Waals surface area (Å²) in [6, 6.07) is 0. The van der Waals surface area contributed by atoms with Gasteiger partial charge in [0.25, 0.3) is 0 Å². The van der Waals surface area contributed by atoms with Gasteiger partial charge < -0.3 is 9.30 Å². The topological polar surface area (TPSA) is 44.1 Å². The van der Waals surface area contributed by atoms with Gasteiger partial charge in [0.05, 0.1) is 12.9 Å². The molecule has 0 atom stereocenters. The number of esters is 1. The molecule has 0 amide bonds. The molecule has 4 nitrogen and oxygen atoms in total. The zero-order valence-corrected chi connectivity index (χ0v) is 7.50. The summed E-state index contributed by atoms with van der Waals surface area (Å²) in [7, 11) is 1.84. The van der Waals surface area contributed by atoms with E-state index in [4.69, 9.17) is 4.74 Å². The van der Waals surface area contributed by atoms with Crippen LogP contribution < -0.4 is 0 Å². The predicted molar refractivity (Wildman–Crippen MR) is 43.9 cm³/mol. The number of aryl methyl sites for hydroxylation is 1. The summed E-state index contributed by atoms with van der Waals surface area (Å²) in [6.07, 6.45) is 1.60. The number of nitrogens with zero attached hydrogens (tertiary/aromatic N) is 2. The summed E-state index contributed by atoms with van der Waals surface area (Å²) in [6.45, 7) is 3.99. The Labute approximate surface area is 71.2 Å². The van der Waals surface area contributed by atoms with Gasteiger partial charge in [-0.25, -0.2) is 9.78 Å². The van der Waals surface area contributed by atoms with E-state index in [0.717, 1.165) is 5.69 Å². The molecule has 0 N–H and O–H groups in total. The lowest BCUT2D eigenvalue weighted by Crippen LogP contribution is -2.07. The number of rotatable bonds is 2. The maximum atomic E-state index is 11.2. The molecule has 0 spiro atoms. The van der Waals surface area contributed by atoms with Crippen molar-refractivity contribution in [3.63, 3.8) is 0 Å². The van der Waals surface area contributed by atoms with Gasteiger partial charge in [-0.2, -0.15) is 0 Å². The van der Waals surface area contributed by atoms with Crippen molar-refractivity contribution in [3.8, 4) is 0 Å². The summed E-state index contributed by atoms with van der Waals surface area (Å²) in [4.78, 5) is 15.1. The van der Waals surface area contributed by atoms with Crippen molar-refractivity contribution in [2.75, 3.05) is 6.61 Å². The van der Waals surface area contributed by atoms with Crippen LogP contribution in [0.1, 0.15) is 23.1 Å². The molecular weight excluding hydrogens is 156 g/mol. The molecule has 0 aliphatic carbocycles. The molecule has 0 saturated heterocycles. The Balaban J connectivity index is 2.88. The van der Waals surface area contributed by atoms with Crippen molar-refractivity contribution in [3.05, 3.63) is 17.7 Å². The van der Waals surface area contributed by atoms with Gasteiger partial charge in [0.1, 0.15) is 0 Å². The van der Waals surface area contributed by atoms with E-state index in [-0.39, 0.29) is 5.97 Å². The zero-order chi connectivity index (χ0) is 9.14. The minimum absolute atomic E-state index is 0.351. The van der Waals surface area contributed by atoms with Crippen molar-refractivity contribution in [1.82, 2.24) is 9.55 Å². The Morgan fingerprint density at radius 2 is 2.42 bits per heavy atom. The van der Waals surface area contributed by atoms with Gasteiger partial charge in [0.15, 0.2) is 5.69 Å². The largest absolute Gasteiger partial charge is 0.461 e. The highest BCUT2D eigenvalue weighted by molar-refractivity contribution is 5.88. The molecule has 4 heteroatoms. The van der Waals surface area contributed by atoms with Crippen molar-refractivity contribution in [1.29, 1.82) is 0 Å². The van der Waals surface area contributed by atoms with Crippen LogP contribution in [0, 0.1) is 6.92 Å². The predicted octanol–water partition coefficient (Wildman–Crippen LogP) is 0.905. The van der Waals surface area contributed by atoms with Crippen LogP contribution in [0.5, 0.6) is 0 Å². The first kappa shape index (κ1) is 8.77. The lowest BCUT2D eigenvalue weighted by atomic mass is 10.3. The van der Waals surface area contributed by atoms with Gasteiger partial charge in [-0.15, -0.1) is 0 Å². The van der Waals surface area contributed by atoms with Gasteiger partial charge in [-0.05, 0) is 13.8 Å². The van der Waals surface area contributed by atoms with Crippen LogP contribution in [-0.4, -0.2) is 22.1 Å². The van der Waals surface area contributed by atoms with Crippen molar-refractivity contribution in [2.45, 2.75) is 13.8 Å². The number of hydrogen-bond acceptors (Lipinski definition) is 3. The normalized spacial score (nSPS) is 9.92. The summed E-state index contributed by atoms with van der Waals surface area (Å²) in [5.41, 5.74) is 1.23. The molecule has 0 aliphatic heterocycles. The van der Waals surface area contributed by atoms with Crippen molar-refractivity contribution < 1.29 is 9.53 Å². The monoisotopic (exact) mass is 168 g/mol. The molecule has 0 fully saturated rings. The van der Waals surface area contributed by atoms with E-state index in [2.05, 4.69) is 4.98 Å². The van der Waals surface area contributed by atoms with Crippen LogP contribution in [0.4, 0.5) is 0 Å². The van der Waals surface area contributed by atoms with Gasteiger partial charge in [-0.3, -0.25) is 0 Å². The van der Waals surface area contributed by atoms with E-state index >= 15 is 0 Å². The average Bonchev–Trinajstić information content (AvgIpc) is 2.34. The van der Waals surface area contributed by atoms with Crippen molar-refractivity contribution in [2.24, 2.45) is 7.05 Å². The second kappa shape index (κ2) is 3.38. The van der Waals surface area contributed by atoms with E-state index in [0.29, 0.717) is 12.3 Å². The Kier molecular flexibility index (Phi) is 2.47. The number of carbonyl (C=O) groups is 1. The maximum Gasteiger partial charge on any atom is 0.358 e. The van der Waals surface area contributed by atoms with Crippen molar-refractivity contribution >= 4 is 5.97 Å². The number of imidazole rings is 1. The van der Waals surface area contributed by atoms with E-state index in [1.54, 1.807) is 17.8 Å². The number of aromatic nitrogens is 2. The van der Waals surface area contributed by atoms with E-state index < -0.39 is 0 Å². The van der Waals surface area contributed by atoms with Gasteiger partial charge in [0.2, 0.25) is 0 Å². The Hall–Kier alpha value is -1.32. The van der Waals surface area contributed by atoms with Crippen LogP contribution in [0.25, 0.3) is 0 Å². The van der Waals surface area contributed by atoms with Gasteiger partial charge >= 0.3 is 5.97 Å².